The molecule has 0 saturated carbocycles. The lowest BCUT2D eigenvalue weighted by Gasteiger charge is -2.04. The van der Waals surface area contributed by atoms with Gasteiger partial charge in [-0.05, 0) is 12.5 Å². The molecular weight excluding hydrogens is 212 g/mol. The van der Waals surface area contributed by atoms with Crippen LogP contribution >= 0.6 is 0 Å². The molecule has 6 heteroatoms. The normalized spacial score (nSPS) is 11.7. The SMILES string of the molecule is CS(=O)CCCNc1nnccc1C#N. The van der Waals surface area contributed by atoms with Crippen LogP contribution < -0.4 is 5.32 Å². The number of anilines is 1. The highest BCUT2D eigenvalue weighted by molar-refractivity contribution is 7.84. The van der Waals surface area contributed by atoms with Gasteiger partial charge in [0.2, 0.25) is 0 Å². The summed E-state index contributed by atoms with van der Waals surface area (Å²) in [5, 5.41) is 19.2. The number of nitrogens with one attached hydrogen (secondary N) is 1. The monoisotopic (exact) mass is 224 g/mol. The third kappa shape index (κ3) is 4.04. The van der Waals surface area contributed by atoms with E-state index in [1.54, 1.807) is 12.3 Å². The Hall–Kier alpha value is -1.48. The molecule has 0 saturated heterocycles. The first kappa shape index (κ1) is 11.6. The van der Waals surface area contributed by atoms with Crippen LogP contribution in [0.2, 0.25) is 0 Å². The second-order valence-corrected chi connectivity index (χ2v) is 4.52. The second kappa shape index (κ2) is 6.09. The molecule has 5 nitrogen and oxygen atoms in total. The van der Waals surface area contributed by atoms with Gasteiger partial charge < -0.3 is 5.32 Å². The van der Waals surface area contributed by atoms with Gasteiger partial charge in [0, 0.05) is 29.4 Å². The van der Waals surface area contributed by atoms with Crippen LogP contribution in [0.1, 0.15) is 12.0 Å². The predicted octanol–water partition coefficient (Wildman–Crippen LogP) is 0.529. The average Bonchev–Trinajstić information content (AvgIpc) is 2.24. The molecule has 1 atom stereocenters. The molecule has 0 aliphatic rings. The highest BCUT2D eigenvalue weighted by Crippen LogP contribution is 2.07. The van der Waals surface area contributed by atoms with E-state index in [4.69, 9.17) is 5.26 Å². The Kier molecular flexibility index (Phi) is 4.71. The number of nitriles is 1. The maximum atomic E-state index is 10.8. The summed E-state index contributed by atoms with van der Waals surface area (Å²) >= 11 is 0. The first-order valence-electron chi connectivity index (χ1n) is 4.49. The van der Waals surface area contributed by atoms with E-state index in [0.717, 1.165) is 6.42 Å². The number of hydrogen-bond acceptors (Lipinski definition) is 5. The van der Waals surface area contributed by atoms with Crippen molar-refractivity contribution in [3.8, 4) is 6.07 Å². The molecule has 0 spiro atoms. The van der Waals surface area contributed by atoms with Gasteiger partial charge in [-0.3, -0.25) is 4.21 Å². The van der Waals surface area contributed by atoms with Gasteiger partial charge in [-0.2, -0.15) is 10.4 Å². The van der Waals surface area contributed by atoms with Crippen LogP contribution in [0.5, 0.6) is 0 Å². The van der Waals surface area contributed by atoms with Crippen molar-refractivity contribution >= 4 is 16.6 Å². The van der Waals surface area contributed by atoms with Crippen LogP contribution in [0.15, 0.2) is 12.3 Å². The Labute approximate surface area is 91.0 Å². The molecule has 1 aromatic heterocycles. The molecule has 1 unspecified atom stereocenters. The molecule has 1 N–H and O–H groups in total. The van der Waals surface area contributed by atoms with Crippen LogP contribution in [-0.4, -0.2) is 33.0 Å². The second-order valence-electron chi connectivity index (χ2n) is 2.96. The predicted molar refractivity (Wildman–Crippen MR) is 58.8 cm³/mol. The van der Waals surface area contributed by atoms with E-state index in [1.165, 1.54) is 6.20 Å². The lowest BCUT2D eigenvalue weighted by atomic mass is 10.3. The lowest BCUT2D eigenvalue weighted by molar-refractivity contribution is 0.685. The van der Waals surface area contributed by atoms with E-state index >= 15 is 0 Å². The molecule has 1 heterocycles. The average molecular weight is 224 g/mol. The zero-order valence-corrected chi connectivity index (χ0v) is 9.25. The van der Waals surface area contributed by atoms with E-state index in [2.05, 4.69) is 15.5 Å². The number of nitrogens with zero attached hydrogens (tertiary/aromatic N) is 3. The minimum Gasteiger partial charge on any atom is -0.367 e. The summed E-state index contributed by atoms with van der Waals surface area (Å²) in [6.07, 6.45) is 3.93. The molecule has 0 radical (unpaired) electrons. The Balaban J connectivity index is 2.44. The third-order valence-electron chi connectivity index (χ3n) is 1.74. The van der Waals surface area contributed by atoms with Gasteiger partial charge in [-0.15, -0.1) is 5.10 Å². The number of rotatable bonds is 5. The van der Waals surface area contributed by atoms with Crippen LogP contribution in [-0.2, 0) is 10.8 Å². The Bertz CT molecular complexity index is 388. The van der Waals surface area contributed by atoms with Crippen LogP contribution in [0.3, 0.4) is 0 Å². The maximum absolute atomic E-state index is 10.8. The van der Waals surface area contributed by atoms with Gasteiger partial charge in [0.15, 0.2) is 5.82 Å². The van der Waals surface area contributed by atoms with Gasteiger partial charge in [0.25, 0.3) is 0 Å². The quantitative estimate of drug-likeness (QED) is 0.738. The summed E-state index contributed by atoms with van der Waals surface area (Å²) < 4.78 is 10.8. The van der Waals surface area contributed by atoms with Gasteiger partial charge in [-0.25, -0.2) is 0 Å². The smallest absolute Gasteiger partial charge is 0.166 e. The summed E-state index contributed by atoms with van der Waals surface area (Å²) in [6, 6.07) is 3.62. The van der Waals surface area contributed by atoms with Crippen LogP contribution in [0.25, 0.3) is 0 Å². The van der Waals surface area contributed by atoms with Gasteiger partial charge in [0.05, 0.1) is 11.8 Å². The first-order valence-corrected chi connectivity index (χ1v) is 6.22. The molecule has 0 aliphatic carbocycles. The lowest BCUT2D eigenvalue weighted by Crippen LogP contribution is -2.08. The minimum absolute atomic E-state index is 0.475. The molecule has 0 bridgehead atoms. The summed E-state index contributed by atoms with van der Waals surface area (Å²) in [5.74, 6) is 1.14. The summed E-state index contributed by atoms with van der Waals surface area (Å²) in [5.41, 5.74) is 0.475. The van der Waals surface area contributed by atoms with Crippen LogP contribution in [0, 0.1) is 11.3 Å². The third-order valence-corrected chi connectivity index (χ3v) is 2.61. The molecular formula is C9H12N4OS. The molecule has 1 rings (SSSR count). The molecule has 80 valence electrons. The molecule has 0 aromatic carbocycles. The zero-order valence-electron chi connectivity index (χ0n) is 8.43. The molecule has 0 aliphatic heterocycles. The summed E-state index contributed by atoms with van der Waals surface area (Å²) in [6.45, 7) is 0.646. The fraction of sp³-hybridized carbons (Fsp3) is 0.444. The van der Waals surface area contributed by atoms with Crippen molar-refractivity contribution in [3.05, 3.63) is 17.8 Å². The van der Waals surface area contributed by atoms with Gasteiger partial charge in [-0.1, -0.05) is 0 Å². The topological polar surface area (TPSA) is 78.7 Å². The van der Waals surface area contributed by atoms with E-state index in [1.807, 2.05) is 6.07 Å². The Morgan fingerprint density at radius 2 is 2.47 bits per heavy atom. The fourth-order valence-electron chi connectivity index (χ4n) is 1.03. The standard InChI is InChI=1S/C9H12N4OS/c1-15(14)6-2-4-11-9-8(7-10)3-5-12-13-9/h3,5H,2,4,6H2,1H3,(H,11,13). The summed E-state index contributed by atoms with van der Waals surface area (Å²) in [7, 11) is -0.772. The minimum atomic E-state index is -0.772. The molecule has 0 amide bonds. The molecule has 0 fully saturated rings. The van der Waals surface area contributed by atoms with E-state index in [9.17, 15) is 4.21 Å². The molecule has 1 aromatic rings. The van der Waals surface area contributed by atoms with Gasteiger partial charge in [0.1, 0.15) is 6.07 Å². The summed E-state index contributed by atoms with van der Waals surface area (Å²) in [4.78, 5) is 0. The van der Waals surface area contributed by atoms with E-state index < -0.39 is 10.8 Å². The Morgan fingerprint density at radius 3 is 3.13 bits per heavy atom. The zero-order chi connectivity index (χ0) is 11.1. The van der Waals surface area contributed by atoms with Crippen molar-refractivity contribution in [3.63, 3.8) is 0 Å². The Morgan fingerprint density at radius 1 is 1.67 bits per heavy atom. The van der Waals surface area contributed by atoms with Crippen molar-refractivity contribution in [1.82, 2.24) is 10.2 Å². The van der Waals surface area contributed by atoms with Crippen molar-refractivity contribution in [2.75, 3.05) is 23.9 Å². The van der Waals surface area contributed by atoms with E-state index in [0.29, 0.717) is 23.7 Å². The number of aromatic nitrogens is 2. The van der Waals surface area contributed by atoms with Crippen molar-refractivity contribution in [2.45, 2.75) is 6.42 Å². The van der Waals surface area contributed by atoms with Crippen molar-refractivity contribution in [2.24, 2.45) is 0 Å². The van der Waals surface area contributed by atoms with Crippen LogP contribution in [0.4, 0.5) is 5.82 Å². The van der Waals surface area contributed by atoms with Crippen molar-refractivity contribution < 1.29 is 4.21 Å². The van der Waals surface area contributed by atoms with E-state index in [-0.39, 0.29) is 0 Å². The largest absolute Gasteiger partial charge is 0.367 e. The highest BCUT2D eigenvalue weighted by Gasteiger charge is 2.01. The number of hydrogen-bond donors (Lipinski definition) is 1. The highest BCUT2D eigenvalue weighted by atomic mass is 32.2. The van der Waals surface area contributed by atoms with Gasteiger partial charge >= 0.3 is 0 Å². The molecule has 15 heavy (non-hydrogen) atoms. The fourth-order valence-corrected chi connectivity index (χ4v) is 1.59. The maximum Gasteiger partial charge on any atom is 0.166 e. The first-order chi connectivity index (χ1) is 7.24. The van der Waals surface area contributed by atoms with Crippen molar-refractivity contribution in [1.29, 1.82) is 5.26 Å².